The second-order valence-corrected chi connectivity index (χ2v) is 8.01. The summed E-state index contributed by atoms with van der Waals surface area (Å²) in [5.74, 6) is 3.86. The monoisotopic (exact) mass is 310 g/mol. The highest BCUT2D eigenvalue weighted by Gasteiger charge is 2.55. The predicted octanol–water partition coefficient (Wildman–Crippen LogP) is 4.84. The number of hydrogen-bond donors (Lipinski definition) is 0. The molecule has 0 radical (unpaired) electrons. The van der Waals surface area contributed by atoms with Crippen molar-refractivity contribution in [3.05, 3.63) is 30.0 Å². The zero-order valence-corrected chi connectivity index (χ0v) is 13.5. The Morgan fingerprint density at radius 3 is 2.39 bits per heavy atom. The van der Waals surface area contributed by atoms with Gasteiger partial charge in [-0.05, 0) is 74.5 Å². The van der Waals surface area contributed by atoms with E-state index in [-0.39, 0.29) is 11.2 Å². The van der Waals surface area contributed by atoms with Crippen molar-refractivity contribution in [2.75, 3.05) is 7.11 Å². The third-order valence-electron chi connectivity index (χ3n) is 6.49. The molecule has 0 aliphatic heterocycles. The fourth-order valence-corrected chi connectivity index (χ4v) is 5.97. The molecule has 1 heterocycles. The van der Waals surface area contributed by atoms with Crippen molar-refractivity contribution in [3.63, 3.8) is 0 Å². The van der Waals surface area contributed by atoms with Gasteiger partial charge < -0.3 is 9.15 Å². The first-order chi connectivity index (χ1) is 11.2. The highest BCUT2D eigenvalue weighted by Crippen LogP contribution is 2.61. The molecule has 0 atom stereocenters. The van der Waals surface area contributed by atoms with Gasteiger partial charge in [-0.15, -0.1) is 0 Å². The number of ether oxygens (including phenoxy) is 1. The maximum absolute atomic E-state index is 13.3. The van der Waals surface area contributed by atoms with Crippen molar-refractivity contribution in [2.45, 2.75) is 38.5 Å². The largest absolute Gasteiger partial charge is 0.496 e. The number of Topliss-reactive ketones (excluding diaryl/α,β-unsaturated/α-hetero) is 1. The van der Waals surface area contributed by atoms with E-state index in [1.807, 2.05) is 24.3 Å². The Morgan fingerprint density at radius 2 is 1.78 bits per heavy atom. The molecule has 0 N–H and O–H groups in total. The zero-order chi connectivity index (χ0) is 15.6. The molecule has 1 aromatic heterocycles. The van der Waals surface area contributed by atoms with Crippen LogP contribution in [0.4, 0.5) is 0 Å². The van der Waals surface area contributed by atoms with Crippen LogP contribution < -0.4 is 4.74 Å². The van der Waals surface area contributed by atoms with Gasteiger partial charge in [0.2, 0.25) is 5.78 Å². The van der Waals surface area contributed by atoms with E-state index in [0.717, 1.165) is 53.7 Å². The summed E-state index contributed by atoms with van der Waals surface area (Å²) in [6.07, 6.45) is 7.27. The van der Waals surface area contributed by atoms with E-state index in [2.05, 4.69) is 0 Å². The summed E-state index contributed by atoms with van der Waals surface area (Å²) in [5, 5.41) is 0.906. The van der Waals surface area contributed by atoms with Gasteiger partial charge in [-0.3, -0.25) is 4.79 Å². The van der Waals surface area contributed by atoms with Crippen LogP contribution in [-0.2, 0) is 0 Å². The molecule has 4 aliphatic carbocycles. The van der Waals surface area contributed by atoms with Crippen LogP contribution in [-0.4, -0.2) is 12.9 Å². The van der Waals surface area contributed by atoms with E-state index >= 15 is 0 Å². The number of carbonyl (C=O) groups is 1. The zero-order valence-electron chi connectivity index (χ0n) is 13.5. The van der Waals surface area contributed by atoms with E-state index in [4.69, 9.17) is 9.15 Å². The lowest BCUT2D eigenvalue weighted by atomic mass is 9.48. The Labute approximate surface area is 136 Å². The van der Waals surface area contributed by atoms with Crippen molar-refractivity contribution in [3.8, 4) is 5.75 Å². The molecule has 23 heavy (non-hydrogen) atoms. The molecule has 4 saturated carbocycles. The van der Waals surface area contributed by atoms with Crippen LogP contribution in [0.5, 0.6) is 5.75 Å². The van der Waals surface area contributed by atoms with E-state index < -0.39 is 0 Å². The molecular weight excluding hydrogens is 288 g/mol. The van der Waals surface area contributed by atoms with Crippen molar-refractivity contribution in [1.82, 2.24) is 0 Å². The van der Waals surface area contributed by atoms with Gasteiger partial charge in [0, 0.05) is 5.41 Å². The van der Waals surface area contributed by atoms with E-state index in [1.54, 1.807) is 7.11 Å². The van der Waals surface area contributed by atoms with Crippen LogP contribution in [0.25, 0.3) is 11.0 Å². The number of methoxy groups -OCH3 is 1. The normalized spacial score (nSPS) is 34.9. The van der Waals surface area contributed by atoms with E-state index in [1.165, 1.54) is 19.3 Å². The van der Waals surface area contributed by atoms with Crippen molar-refractivity contribution < 1.29 is 13.9 Å². The molecule has 0 spiro atoms. The molecule has 3 nitrogen and oxygen atoms in total. The average Bonchev–Trinajstić information content (AvgIpc) is 2.96. The third-order valence-corrected chi connectivity index (χ3v) is 6.49. The number of fused-ring (bicyclic) bond motifs is 1. The topological polar surface area (TPSA) is 39.4 Å². The van der Waals surface area contributed by atoms with Gasteiger partial charge in [0.15, 0.2) is 5.76 Å². The number of benzene rings is 1. The molecule has 0 unspecified atom stereocenters. The minimum absolute atomic E-state index is 0.143. The predicted molar refractivity (Wildman–Crippen MR) is 87.7 cm³/mol. The summed E-state index contributed by atoms with van der Waals surface area (Å²) in [5.41, 5.74) is 0.605. The fourth-order valence-electron chi connectivity index (χ4n) is 5.97. The van der Waals surface area contributed by atoms with Gasteiger partial charge >= 0.3 is 0 Å². The van der Waals surface area contributed by atoms with Crippen LogP contribution in [0.3, 0.4) is 0 Å². The van der Waals surface area contributed by atoms with Gasteiger partial charge in [0.1, 0.15) is 11.3 Å². The highest BCUT2D eigenvalue weighted by atomic mass is 16.5. The van der Waals surface area contributed by atoms with Gasteiger partial charge in [-0.25, -0.2) is 0 Å². The third kappa shape index (κ3) is 1.92. The molecule has 4 aliphatic rings. The maximum Gasteiger partial charge on any atom is 0.204 e. The second kappa shape index (κ2) is 4.62. The Balaban J connectivity index is 1.56. The molecule has 2 aromatic rings. The SMILES string of the molecule is COc1cccc2oc(C(=O)C34CC5CC(CC(C5)C3)C4)cc12. The summed E-state index contributed by atoms with van der Waals surface area (Å²) in [6, 6.07) is 7.63. The smallest absolute Gasteiger partial charge is 0.204 e. The maximum atomic E-state index is 13.3. The highest BCUT2D eigenvalue weighted by molar-refractivity contribution is 6.02. The molecule has 6 rings (SSSR count). The molecule has 0 amide bonds. The van der Waals surface area contributed by atoms with Gasteiger partial charge in [-0.2, -0.15) is 0 Å². The Kier molecular flexibility index (Phi) is 2.74. The number of carbonyl (C=O) groups excluding carboxylic acids is 1. The molecular formula is C20H22O3. The first-order valence-electron chi connectivity index (χ1n) is 8.78. The molecule has 4 fully saturated rings. The lowest BCUT2D eigenvalue weighted by Gasteiger charge is -2.55. The summed E-state index contributed by atoms with van der Waals surface area (Å²) in [4.78, 5) is 13.3. The van der Waals surface area contributed by atoms with E-state index in [9.17, 15) is 4.79 Å². The number of furan rings is 1. The van der Waals surface area contributed by atoms with Gasteiger partial charge in [-0.1, -0.05) is 6.07 Å². The van der Waals surface area contributed by atoms with Crippen LogP contribution in [0.1, 0.15) is 49.1 Å². The van der Waals surface area contributed by atoms with E-state index in [0.29, 0.717) is 5.76 Å². The minimum Gasteiger partial charge on any atom is -0.496 e. The van der Waals surface area contributed by atoms with Gasteiger partial charge in [0.05, 0.1) is 12.5 Å². The molecule has 1 aromatic carbocycles. The van der Waals surface area contributed by atoms with Crippen LogP contribution in [0, 0.1) is 23.2 Å². The summed E-state index contributed by atoms with van der Waals surface area (Å²) in [6.45, 7) is 0. The average molecular weight is 310 g/mol. The summed E-state index contributed by atoms with van der Waals surface area (Å²) >= 11 is 0. The Hall–Kier alpha value is -1.77. The fraction of sp³-hybridized carbons (Fsp3) is 0.550. The molecule has 4 bridgehead atoms. The Bertz CT molecular complexity index is 750. The summed E-state index contributed by atoms with van der Waals surface area (Å²) in [7, 11) is 1.66. The van der Waals surface area contributed by atoms with Crippen molar-refractivity contribution >= 4 is 16.8 Å². The lowest BCUT2D eigenvalue weighted by molar-refractivity contribution is -0.0364. The molecule has 0 saturated heterocycles. The first-order valence-corrected chi connectivity index (χ1v) is 8.78. The van der Waals surface area contributed by atoms with Crippen molar-refractivity contribution in [2.24, 2.45) is 23.2 Å². The molecule has 3 heteroatoms. The quantitative estimate of drug-likeness (QED) is 0.761. The van der Waals surface area contributed by atoms with Gasteiger partial charge in [0.25, 0.3) is 0 Å². The number of ketones is 1. The lowest BCUT2D eigenvalue weighted by Crippen LogP contribution is -2.49. The van der Waals surface area contributed by atoms with Crippen molar-refractivity contribution in [1.29, 1.82) is 0 Å². The Morgan fingerprint density at radius 1 is 1.13 bits per heavy atom. The van der Waals surface area contributed by atoms with Crippen LogP contribution >= 0.6 is 0 Å². The first kappa shape index (κ1) is 13.6. The van der Waals surface area contributed by atoms with Crippen LogP contribution in [0.15, 0.2) is 28.7 Å². The standard InChI is InChI=1S/C20H22O3/c1-22-16-3-2-4-17-15(16)8-18(23-17)19(21)20-9-12-5-13(10-20)7-14(6-12)11-20/h2-4,8,12-14H,5-7,9-11H2,1H3. The molecule has 120 valence electrons. The number of hydrogen-bond acceptors (Lipinski definition) is 3. The van der Waals surface area contributed by atoms with Crippen LogP contribution in [0.2, 0.25) is 0 Å². The summed E-state index contributed by atoms with van der Waals surface area (Å²) < 4.78 is 11.3. The second-order valence-electron chi connectivity index (χ2n) is 8.01. The number of rotatable bonds is 3. The minimum atomic E-state index is -0.143.